The van der Waals surface area contributed by atoms with E-state index < -0.39 is 31.1 Å². The highest BCUT2D eigenvalue weighted by atomic mass is 16.6. The number of hydrogen-bond acceptors (Lipinski definition) is 11. The largest absolute Gasteiger partial charge is 0.394 e. The van der Waals surface area contributed by atoms with Crippen molar-refractivity contribution in [1.29, 1.82) is 0 Å². The van der Waals surface area contributed by atoms with Gasteiger partial charge in [-0.15, -0.1) is 0 Å². The minimum absolute atomic E-state index is 0.248. The van der Waals surface area contributed by atoms with E-state index in [0.29, 0.717) is 29.3 Å². The maximum Gasteiger partial charge on any atom is 0.266 e. The number of ether oxygens (including phenoxy) is 1. The number of nitrogens with zero attached hydrogens (tertiary/aromatic N) is 8. The first-order valence-corrected chi connectivity index (χ1v) is 10.2. The second kappa shape index (κ2) is 8.67. The van der Waals surface area contributed by atoms with Gasteiger partial charge in [0.1, 0.15) is 31.0 Å². The summed E-state index contributed by atoms with van der Waals surface area (Å²) in [4.78, 5) is 28.9. The molecule has 14 heteroatoms. The van der Waals surface area contributed by atoms with Crippen LogP contribution in [0.3, 0.4) is 0 Å². The van der Waals surface area contributed by atoms with Crippen molar-refractivity contribution in [2.75, 3.05) is 18.5 Å². The number of aliphatic hydroxyl groups excluding tert-OH is 3. The number of imidazole rings is 2. The molecule has 1 fully saturated rings. The van der Waals surface area contributed by atoms with Crippen molar-refractivity contribution < 1.29 is 20.1 Å². The first-order valence-electron chi connectivity index (χ1n) is 10.2. The Morgan fingerprint density at radius 3 is 2.76 bits per heavy atom. The maximum atomic E-state index is 12.2. The lowest BCUT2D eigenvalue weighted by Crippen LogP contribution is -2.33. The van der Waals surface area contributed by atoms with Crippen LogP contribution in [0, 0.1) is 0 Å². The molecule has 0 bridgehead atoms. The molecule has 0 amide bonds. The molecule has 4 atom stereocenters. The van der Waals surface area contributed by atoms with Gasteiger partial charge in [-0.3, -0.25) is 13.9 Å². The monoisotopic (exact) mass is 455 g/mol. The van der Waals surface area contributed by atoms with Crippen LogP contribution in [0.4, 0.5) is 5.82 Å². The van der Waals surface area contributed by atoms with E-state index in [9.17, 15) is 20.1 Å². The minimum Gasteiger partial charge on any atom is -0.394 e. The van der Waals surface area contributed by atoms with E-state index >= 15 is 0 Å². The Hall–Kier alpha value is -3.72. The van der Waals surface area contributed by atoms with Crippen LogP contribution in [0.5, 0.6) is 0 Å². The fourth-order valence-electron chi connectivity index (χ4n) is 3.69. The summed E-state index contributed by atoms with van der Waals surface area (Å²) in [6.07, 6.45) is 3.33. The predicted octanol–water partition coefficient (Wildman–Crippen LogP) is -1.71. The molecule has 1 aliphatic rings. The predicted molar refractivity (Wildman–Crippen MR) is 112 cm³/mol. The number of rotatable bonds is 7. The summed E-state index contributed by atoms with van der Waals surface area (Å²) in [5.41, 5.74) is 0.546. The molecule has 4 N–H and O–H groups in total. The Balaban J connectivity index is 1.33. The van der Waals surface area contributed by atoms with Crippen molar-refractivity contribution >= 4 is 17.0 Å². The van der Waals surface area contributed by atoms with Crippen LogP contribution in [-0.4, -0.2) is 85.6 Å². The van der Waals surface area contributed by atoms with E-state index in [-0.39, 0.29) is 12.1 Å². The number of fused-ring (bicyclic) bond motifs is 1. The van der Waals surface area contributed by atoms with Gasteiger partial charge in [0.05, 0.1) is 19.5 Å². The van der Waals surface area contributed by atoms with Gasteiger partial charge >= 0.3 is 0 Å². The van der Waals surface area contributed by atoms with Crippen molar-refractivity contribution in [3.05, 3.63) is 53.9 Å². The van der Waals surface area contributed by atoms with Gasteiger partial charge < -0.3 is 25.4 Å². The molecule has 5 rings (SSSR count). The van der Waals surface area contributed by atoms with Crippen LogP contribution in [-0.2, 0) is 11.3 Å². The zero-order chi connectivity index (χ0) is 22.9. The summed E-state index contributed by atoms with van der Waals surface area (Å²) < 4.78 is 10.1. The first-order chi connectivity index (χ1) is 16.1. The van der Waals surface area contributed by atoms with Crippen molar-refractivity contribution in [3.63, 3.8) is 0 Å². The standard InChI is InChI=1S/C19H21N9O5/c29-7-11-15(31)16(32)19(33-11)27-10-24-14-17(22-8-23-18(14)27)21-4-6-28-13(30)2-1-12(25-28)26-5-3-20-9-26/h1-3,5,8-11,15-16,19,29,31-32H,4,6-7H2,(H,21,22,23)/t11-,15-,16-,19-/m1/s1. The zero-order valence-corrected chi connectivity index (χ0v) is 17.2. The molecule has 0 aromatic carbocycles. The summed E-state index contributed by atoms with van der Waals surface area (Å²) in [7, 11) is 0. The van der Waals surface area contributed by atoms with Gasteiger partial charge in [0.25, 0.3) is 5.56 Å². The summed E-state index contributed by atoms with van der Waals surface area (Å²) in [6, 6.07) is 3.06. The van der Waals surface area contributed by atoms with Gasteiger partial charge in [-0.1, -0.05) is 0 Å². The van der Waals surface area contributed by atoms with Crippen LogP contribution in [0.25, 0.3) is 17.0 Å². The first kappa shape index (κ1) is 21.1. The number of aliphatic hydroxyl groups is 3. The number of nitrogens with one attached hydrogen (secondary N) is 1. The summed E-state index contributed by atoms with van der Waals surface area (Å²) in [5, 5.41) is 37.1. The molecule has 5 heterocycles. The van der Waals surface area contributed by atoms with E-state index in [1.807, 2.05) is 0 Å². The topological polar surface area (TPSA) is 178 Å². The number of hydrogen-bond donors (Lipinski definition) is 4. The molecule has 172 valence electrons. The Kier molecular flexibility index (Phi) is 5.55. The molecule has 0 spiro atoms. The lowest BCUT2D eigenvalue weighted by Gasteiger charge is -2.16. The zero-order valence-electron chi connectivity index (χ0n) is 17.2. The van der Waals surface area contributed by atoms with Crippen molar-refractivity contribution in [3.8, 4) is 5.82 Å². The van der Waals surface area contributed by atoms with Gasteiger partial charge in [0, 0.05) is 25.0 Å². The minimum atomic E-state index is -1.26. The van der Waals surface area contributed by atoms with Gasteiger partial charge in [0.15, 0.2) is 29.0 Å². The third kappa shape index (κ3) is 3.84. The Bertz CT molecular complexity index is 1300. The smallest absolute Gasteiger partial charge is 0.266 e. The van der Waals surface area contributed by atoms with E-state index in [1.54, 1.807) is 29.4 Å². The number of aromatic nitrogens is 8. The second-order valence-electron chi connectivity index (χ2n) is 7.42. The summed E-state index contributed by atoms with van der Waals surface area (Å²) in [6.45, 7) is 0.161. The van der Waals surface area contributed by atoms with E-state index in [1.165, 1.54) is 28.0 Å². The molecule has 0 aliphatic carbocycles. The van der Waals surface area contributed by atoms with E-state index in [2.05, 4.69) is 30.4 Å². The maximum absolute atomic E-state index is 12.2. The SMILES string of the molecule is O=c1ccc(-n2ccnc2)nn1CCNc1ncnc2c1ncn2[C@@H]1O[C@H](CO)[C@@H](O)[C@H]1O. The second-order valence-corrected chi connectivity index (χ2v) is 7.42. The van der Waals surface area contributed by atoms with Crippen LogP contribution in [0.15, 0.2) is 48.3 Å². The van der Waals surface area contributed by atoms with Crippen molar-refractivity contribution in [2.24, 2.45) is 0 Å². The third-order valence-electron chi connectivity index (χ3n) is 5.39. The fraction of sp³-hybridized carbons (Fsp3) is 0.368. The Morgan fingerprint density at radius 1 is 1.12 bits per heavy atom. The fourth-order valence-corrected chi connectivity index (χ4v) is 3.69. The Morgan fingerprint density at radius 2 is 2.00 bits per heavy atom. The quantitative estimate of drug-likeness (QED) is 0.249. The van der Waals surface area contributed by atoms with Crippen LogP contribution >= 0.6 is 0 Å². The summed E-state index contributed by atoms with van der Waals surface area (Å²) in [5.74, 6) is 0.984. The molecule has 1 saturated heterocycles. The molecule has 0 unspecified atom stereocenters. The molecular formula is C19H21N9O5. The van der Waals surface area contributed by atoms with Crippen molar-refractivity contribution in [1.82, 2.24) is 38.9 Å². The summed E-state index contributed by atoms with van der Waals surface area (Å²) >= 11 is 0. The lowest BCUT2D eigenvalue weighted by atomic mass is 10.1. The third-order valence-corrected chi connectivity index (χ3v) is 5.39. The highest BCUT2D eigenvalue weighted by Gasteiger charge is 2.44. The van der Waals surface area contributed by atoms with Gasteiger partial charge in [0.2, 0.25) is 0 Å². The molecule has 0 radical (unpaired) electrons. The van der Waals surface area contributed by atoms with Crippen LogP contribution in [0.1, 0.15) is 6.23 Å². The molecule has 14 nitrogen and oxygen atoms in total. The average Bonchev–Trinajstić information content (AvgIpc) is 3.56. The van der Waals surface area contributed by atoms with E-state index in [4.69, 9.17) is 4.74 Å². The molecular weight excluding hydrogens is 434 g/mol. The van der Waals surface area contributed by atoms with E-state index in [0.717, 1.165) is 0 Å². The normalized spacial score (nSPS) is 22.8. The van der Waals surface area contributed by atoms with Crippen LogP contribution < -0.4 is 10.9 Å². The van der Waals surface area contributed by atoms with Gasteiger partial charge in [-0.2, -0.15) is 5.10 Å². The van der Waals surface area contributed by atoms with Crippen LogP contribution in [0.2, 0.25) is 0 Å². The molecule has 4 aromatic heterocycles. The van der Waals surface area contributed by atoms with Gasteiger partial charge in [-0.25, -0.2) is 24.6 Å². The number of anilines is 1. The molecule has 1 aliphatic heterocycles. The highest BCUT2D eigenvalue weighted by molar-refractivity contribution is 5.82. The molecule has 4 aromatic rings. The average molecular weight is 455 g/mol. The Labute approximate surface area is 185 Å². The van der Waals surface area contributed by atoms with Gasteiger partial charge in [-0.05, 0) is 6.07 Å². The molecule has 33 heavy (non-hydrogen) atoms. The highest BCUT2D eigenvalue weighted by Crippen LogP contribution is 2.32. The lowest BCUT2D eigenvalue weighted by molar-refractivity contribution is -0.0511. The van der Waals surface area contributed by atoms with Crippen molar-refractivity contribution in [2.45, 2.75) is 31.1 Å². The molecule has 0 saturated carbocycles.